The van der Waals surface area contributed by atoms with Gasteiger partial charge in [-0.15, -0.1) is 11.3 Å². The molecule has 1 aliphatic heterocycles. The highest BCUT2D eigenvalue weighted by Crippen LogP contribution is 2.26. The summed E-state index contributed by atoms with van der Waals surface area (Å²) in [5.74, 6) is 0.745. The van der Waals surface area contributed by atoms with E-state index in [-0.39, 0.29) is 0 Å². The van der Waals surface area contributed by atoms with Crippen molar-refractivity contribution in [2.75, 3.05) is 19.8 Å². The molecule has 1 N–H and O–H groups in total. The second-order valence-corrected chi connectivity index (χ2v) is 6.30. The van der Waals surface area contributed by atoms with Gasteiger partial charge in [-0.2, -0.15) is 0 Å². The van der Waals surface area contributed by atoms with E-state index in [0.717, 1.165) is 25.7 Å². The van der Waals surface area contributed by atoms with Crippen LogP contribution in [-0.4, -0.2) is 19.8 Å². The Labute approximate surface area is 124 Å². The molecule has 1 unspecified atom stereocenters. The van der Waals surface area contributed by atoms with Crippen molar-refractivity contribution < 1.29 is 4.74 Å². The molecule has 1 atom stereocenters. The van der Waals surface area contributed by atoms with E-state index in [9.17, 15) is 0 Å². The molecule has 106 valence electrons. The number of hydrogen-bond donors (Lipinski definition) is 1. The molecule has 0 amide bonds. The van der Waals surface area contributed by atoms with E-state index in [1.54, 1.807) is 0 Å². The van der Waals surface area contributed by atoms with Crippen LogP contribution in [0.15, 0.2) is 47.8 Å². The standard InChI is InChI=1S/C17H21NOS/c1-2-5-15(6-3-1)17(16-7-4-12-20-16)18-13-14-8-10-19-11-9-14/h1-7,12,14,17-18H,8-11,13H2. The van der Waals surface area contributed by atoms with Gasteiger partial charge in [0.1, 0.15) is 0 Å². The minimum Gasteiger partial charge on any atom is -0.381 e. The first-order valence-electron chi connectivity index (χ1n) is 7.33. The molecule has 0 aliphatic carbocycles. The Bertz CT molecular complexity index is 491. The van der Waals surface area contributed by atoms with Crippen molar-refractivity contribution in [1.82, 2.24) is 5.32 Å². The van der Waals surface area contributed by atoms with Crippen molar-refractivity contribution in [2.24, 2.45) is 5.92 Å². The third kappa shape index (κ3) is 3.48. The van der Waals surface area contributed by atoms with Gasteiger partial charge in [-0.3, -0.25) is 0 Å². The maximum absolute atomic E-state index is 5.44. The Hall–Kier alpha value is -1.16. The first-order chi connectivity index (χ1) is 9.93. The van der Waals surface area contributed by atoms with Crippen molar-refractivity contribution in [2.45, 2.75) is 18.9 Å². The zero-order valence-electron chi connectivity index (χ0n) is 11.6. The van der Waals surface area contributed by atoms with Crippen LogP contribution in [0.5, 0.6) is 0 Å². The van der Waals surface area contributed by atoms with E-state index in [1.165, 1.54) is 23.3 Å². The summed E-state index contributed by atoms with van der Waals surface area (Å²) < 4.78 is 5.44. The van der Waals surface area contributed by atoms with Crippen molar-refractivity contribution in [3.63, 3.8) is 0 Å². The fraction of sp³-hybridized carbons (Fsp3) is 0.412. The van der Waals surface area contributed by atoms with Gasteiger partial charge in [0.2, 0.25) is 0 Å². The molecule has 1 fully saturated rings. The monoisotopic (exact) mass is 287 g/mol. The lowest BCUT2D eigenvalue weighted by Gasteiger charge is -2.25. The Morgan fingerprint density at radius 1 is 1.10 bits per heavy atom. The zero-order valence-corrected chi connectivity index (χ0v) is 12.4. The predicted molar refractivity (Wildman–Crippen MR) is 84.1 cm³/mol. The molecule has 0 saturated carbocycles. The summed E-state index contributed by atoms with van der Waals surface area (Å²) in [6.07, 6.45) is 2.36. The molecule has 2 aromatic rings. The molecule has 0 bridgehead atoms. The van der Waals surface area contributed by atoms with Crippen LogP contribution in [0.3, 0.4) is 0 Å². The van der Waals surface area contributed by atoms with Gasteiger partial charge >= 0.3 is 0 Å². The second kappa shape index (κ2) is 7.02. The SMILES string of the molecule is c1ccc(C(NCC2CCOCC2)c2cccs2)cc1. The summed E-state index contributed by atoms with van der Waals surface area (Å²) >= 11 is 1.83. The van der Waals surface area contributed by atoms with E-state index in [0.29, 0.717) is 6.04 Å². The summed E-state index contributed by atoms with van der Waals surface area (Å²) in [5, 5.41) is 5.92. The molecule has 1 saturated heterocycles. The largest absolute Gasteiger partial charge is 0.381 e. The van der Waals surface area contributed by atoms with Crippen LogP contribution < -0.4 is 5.32 Å². The van der Waals surface area contributed by atoms with Gasteiger partial charge in [0.15, 0.2) is 0 Å². The summed E-state index contributed by atoms with van der Waals surface area (Å²) in [5.41, 5.74) is 1.35. The second-order valence-electron chi connectivity index (χ2n) is 5.32. The average Bonchev–Trinajstić information content (AvgIpc) is 3.04. The van der Waals surface area contributed by atoms with Crippen molar-refractivity contribution >= 4 is 11.3 Å². The van der Waals surface area contributed by atoms with E-state index in [1.807, 2.05) is 11.3 Å². The molecule has 1 aromatic heterocycles. The van der Waals surface area contributed by atoms with Crippen LogP contribution in [-0.2, 0) is 4.74 Å². The fourth-order valence-corrected chi connectivity index (χ4v) is 3.55. The Morgan fingerprint density at radius 3 is 2.60 bits per heavy atom. The van der Waals surface area contributed by atoms with Crippen LogP contribution >= 0.6 is 11.3 Å². The number of rotatable bonds is 5. The van der Waals surface area contributed by atoms with Crippen LogP contribution in [0.1, 0.15) is 29.3 Å². The minimum atomic E-state index is 0.319. The molecule has 2 nitrogen and oxygen atoms in total. The Balaban J connectivity index is 1.69. The van der Waals surface area contributed by atoms with Gasteiger partial charge in [-0.05, 0) is 42.3 Å². The highest BCUT2D eigenvalue weighted by atomic mass is 32.1. The van der Waals surface area contributed by atoms with E-state index in [2.05, 4.69) is 53.2 Å². The van der Waals surface area contributed by atoms with Crippen LogP contribution in [0.25, 0.3) is 0 Å². The van der Waals surface area contributed by atoms with Gasteiger partial charge < -0.3 is 10.1 Å². The highest BCUT2D eigenvalue weighted by Gasteiger charge is 2.18. The van der Waals surface area contributed by atoms with Crippen LogP contribution in [0.2, 0.25) is 0 Å². The van der Waals surface area contributed by atoms with Crippen molar-refractivity contribution in [1.29, 1.82) is 0 Å². The Morgan fingerprint density at radius 2 is 1.90 bits per heavy atom. The first-order valence-corrected chi connectivity index (χ1v) is 8.21. The quantitative estimate of drug-likeness (QED) is 0.902. The number of thiophene rings is 1. The number of nitrogens with one attached hydrogen (secondary N) is 1. The van der Waals surface area contributed by atoms with Gasteiger partial charge in [-0.1, -0.05) is 36.4 Å². The lowest BCUT2D eigenvalue weighted by Crippen LogP contribution is -2.30. The molecule has 2 heterocycles. The zero-order chi connectivity index (χ0) is 13.6. The molecule has 1 aromatic carbocycles. The van der Waals surface area contributed by atoms with Crippen LogP contribution in [0.4, 0.5) is 0 Å². The average molecular weight is 287 g/mol. The molecule has 20 heavy (non-hydrogen) atoms. The fourth-order valence-electron chi connectivity index (χ4n) is 2.72. The third-order valence-electron chi connectivity index (χ3n) is 3.91. The van der Waals surface area contributed by atoms with Crippen LogP contribution in [0, 0.1) is 5.92 Å². The van der Waals surface area contributed by atoms with Crippen molar-refractivity contribution in [3.05, 3.63) is 58.3 Å². The molecule has 0 radical (unpaired) electrons. The maximum atomic E-state index is 5.44. The van der Waals surface area contributed by atoms with Gasteiger partial charge in [-0.25, -0.2) is 0 Å². The Kier molecular flexibility index (Phi) is 4.85. The lowest BCUT2D eigenvalue weighted by atomic mass is 9.98. The summed E-state index contributed by atoms with van der Waals surface area (Å²) in [4.78, 5) is 1.39. The summed E-state index contributed by atoms with van der Waals surface area (Å²) in [7, 11) is 0. The van der Waals surface area contributed by atoms with Gasteiger partial charge in [0, 0.05) is 18.1 Å². The summed E-state index contributed by atoms with van der Waals surface area (Å²) in [6, 6.07) is 15.4. The topological polar surface area (TPSA) is 21.3 Å². The maximum Gasteiger partial charge on any atom is 0.0671 e. The molecular weight excluding hydrogens is 266 g/mol. The molecule has 1 aliphatic rings. The van der Waals surface area contributed by atoms with Gasteiger partial charge in [0.25, 0.3) is 0 Å². The number of hydrogen-bond acceptors (Lipinski definition) is 3. The minimum absolute atomic E-state index is 0.319. The summed E-state index contributed by atoms with van der Waals surface area (Å²) in [6.45, 7) is 2.91. The lowest BCUT2D eigenvalue weighted by molar-refractivity contribution is 0.0658. The highest BCUT2D eigenvalue weighted by molar-refractivity contribution is 7.10. The normalized spacial score (nSPS) is 18.0. The molecular formula is C17H21NOS. The van der Waals surface area contributed by atoms with E-state index < -0.39 is 0 Å². The predicted octanol–water partition coefficient (Wildman–Crippen LogP) is 3.85. The molecule has 3 heteroatoms. The molecule has 3 rings (SSSR count). The molecule has 0 spiro atoms. The van der Waals surface area contributed by atoms with Crippen molar-refractivity contribution in [3.8, 4) is 0 Å². The number of ether oxygens (including phenoxy) is 1. The third-order valence-corrected chi connectivity index (χ3v) is 4.85. The van der Waals surface area contributed by atoms with E-state index in [4.69, 9.17) is 4.74 Å². The smallest absolute Gasteiger partial charge is 0.0671 e. The van der Waals surface area contributed by atoms with E-state index >= 15 is 0 Å². The van der Waals surface area contributed by atoms with Gasteiger partial charge in [0.05, 0.1) is 6.04 Å². The number of benzene rings is 1. The first kappa shape index (κ1) is 13.8.